The highest BCUT2D eigenvalue weighted by molar-refractivity contribution is 5.97. The molecular weight excluding hydrogens is 287 g/mol. The Morgan fingerprint density at radius 1 is 1.36 bits per heavy atom. The third kappa shape index (κ3) is 4.54. The lowest BCUT2D eigenvalue weighted by Gasteiger charge is -2.13. The SMILES string of the molecule is CC(C)COCC(O)CNC(=O)c1cc2cc(F)ccc2[nH]1. The lowest BCUT2D eigenvalue weighted by atomic mass is 10.2. The Hall–Kier alpha value is -1.92. The molecule has 0 spiro atoms. The van der Waals surface area contributed by atoms with Gasteiger partial charge >= 0.3 is 0 Å². The van der Waals surface area contributed by atoms with Gasteiger partial charge in [-0.3, -0.25) is 4.79 Å². The van der Waals surface area contributed by atoms with Crippen molar-refractivity contribution in [2.24, 2.45) is 5.92 Å². The van der Waals surface area contributed by atoms with Crippen molar-refractivity contribution in [1.82, 2.24) is 10.3 Å². The first kappa shape index (κ1) is 16.5. The number of hydrogen-bond donors (Lipinski definition) is 3. The minimum atomic E-state index is -0.760. The van der Waals surface area contributed by atoms with Crippen LogP contribution >= 0.6 is 0 Å². The molecule has 1 aromatic heterocycles. The molecule has 5 nitrogen and oxygen atoms in total. The van der Waals surface area contributed by atoms with Crippen LogP contribution in [0.1, 0.15) is 24.3 Å². The van der Waals surface area contributed by atoms with E-state index in [1.807, 2.05) is 13.8 Å². The van der Waals surface area contributed by atoms with E-state index in [0.717, 1.165) is 0 Å². The van der Waals surface area contributed by atoms with Gasteiger partial charge in [-0.05, 0) is 30.2 Å². The number of halogens is 1. The maximum Gasteiger partial charge on any atom is 0.267 e. The fourth-order valence-electron chi connectivity index (χ4n) is 2.03. The van der Waals surface area contributed by atoms with E-state index >= 15 is 0 Å². The van der Waals surface area contributed by atoms with E-state index in [0.29, 0.717) is 29.1 Å². The van der Waals surface area contributed by atoms with Crippen LogP contribution in [-0.2, 0) is 4.74 Å². The van der Waals surface area contributed by atoms with Gasteiger partial charge in [-0.1, -0.05) is 13.8 Å². The molecule has 2 rings (SSSR count). The zero-order valence-electron chi connectivity index (χ0n) is 12.7. The summed E-state index contributed by atoms with van der Waals surface area (Å²) in [6.45, 7) is 4.88. The molecule has 0 aliphatic carbocycles. The number of aliphatic hydroxyl groups is 1. The highest BCUT2D eigenvalue weighted by Crippen LogP contribution is 2.16. The normalized spacial score (nSPS) is 12.8. The molecule has 1 heterocycles. The molecule has 3 N–H and O–H groups in total. The largest absolute Gasteiger partial charge is 0.389 e. The molecule has 1 amide bonds. The van der Waals surface area contributed by atoms with Gasteiger partial charge in [0.1, 0.15) is 11.5 Å². The van der Waals surface area contributed by atoms with Crippen LogP contribution in [0.25, 0.3) is 10.9 Å². The molecular formula is C16H21FN2O3. The summed E-state index contributed by atoms with van der Waals surface area (Å²) in [6.07, 6.45) is -0.760. The molecule has 0 saturated heterocycles. The van der Waals surface area contributed by atoms with Crippen LogP contribution in [0.5, 0.6) is 0 Å². The van der Waals surface area contributed by atoms with Crippen molar-refractivity contribution < 1.29 is 19.0 Å². The number of H-pyrrole nitrogens is 1. The Morgan fingerprint density at radius 3 is 2.86 bits per heavy atom. The Morgan fingerprint density at radius 2 is 2.14 bits per heavy atom. The van der Waals surface area contributed by atoms with Gasteiger partial charge in [0, 0.05) is 24.1 Å². The average Bonchev–Trinajstić information content (AvgIpc) is 2.87. The number of ether oxygens (including phenoxy) is 1. The lowest BCUT2D eigenvalue weighted by molar-refractivity contribution is 0.0259. The molecule has 1 unspecified atom stereocenters. The van der Waals surface area contributed by atoms with Crippen LogP contribution in [0, 0.1) is 11.7 Å². The van der Waals surface area contributed by atoms with E-state index in [4.69, 9.17) is 4.74 Å². The standard InChI is InChI=1S/C16H21FN2O3/c1-10(2)8-22-9-13(20)7-18-16(21)15-6-11-5-12(17)3-4-14(11)19-15/h3-6,10,13,19-20H,7-9H2,1-2H3,(H,18,21). The number of hydrogen-bond acceptors (Lipinski definition) is 3. The summed E-state index contributed by atoms with van der Waals surface area (Å²) in [5, 5.41) is 13.0. The summed E-state index contributed by atoms with van der Waals surface area (Å²) in [4.78, 5) is 14.9. The fourth-order valence-corrected chi connectivity index (χ4v) is 2.03. The topological polar surface area (TPSA) is 74.3 Å². The highest BCUT2D eigenvalue weighted by atomic mass is 19.1. The van der Waals surface area contributed by atoms with Crippen LogP contribution in [-0.4, -0.2) is 41.9 Å². The number of carbonyl (C=O) groups excluding carboxylic acids is 1. The molecule has 6 heteroatoms. The van der Waals surface area contributed by atoms with E-state index in [1.165, 1.54) is 12.1 Å². The average molecular weight is 308 g/mol. The molecule has 0 bridgehead atoms. The van der Waals surface area contributed by atoms with Gasteiger partial charge in [0.2, 0.25) is 0 Å². The van der Waals surface area contributed by atoms with Crippen LogP contribution in [0.4, 0.5) is 4.39 Å². The number of benzene rings is 1. The second kappa shape index (κ2) is 7.38. The van der Waals surface area contributed by atoms with Gasteiger partial charge in [0.25, 0.3) is 5.91 Å². The van der Waals surface area contributed by atoms with E-state index in [2.05, 4.69) is 10.3 Å². The summed E-state index contributed by atoms with van der Waals surface area (Å²) in [7, 11) is 0. The number of rotatable bonds is 7. The minimum Gasteiger partial charge on any atom is -0.389 e. The van der Waals surface area contributed by atoms with E-state index in [-0.39, 0.29) is 24.9 Å². The summed E-state index contributed by atoms with van der Waals surface area (Å²) in [5.41, 5.74) is 1.02. The van der Waals surface area contributed by atoms with E-state index in [9.17, 15) is 14.3 Å². The maximum atomic E-state index is 13.1. The molecule has 0 aliphatic rings. The highest BCUT2D eigenvalue weighted by Gasteiger charge is 2.12. The quantitative estimate of drug-likeness (QED) is 0.733. The monoisotopic (exact) mass is 308 g/mol. The van der Waals surface area contributed by atoms with Crippen LogP contribution in [0.3, 0.4) is 0 Å². The van der Waals surface area contributed by atoms with Crippen LogP contribution < -0.4 is 5.32 Å². The first-order chi connectivity index (χ1) is 10.5. The third-order valence-corrected chi connectivity index (χ3v) is 3.09. The number of fused-ring (bicyclic) bond motifs is 1. The summed E-state index contributed by atoms with van der Waals surface area (Å²) in [6, 6.07) is 5.85. The van der Waals surface area contributed by atoms with Crippen LogP contribution in [0.2, 0.25) is 0 Å². The number of nitrogens with one attached hydrogen (secondary N) is 2. The van der Waals surface area contributed by atoms with E-state index in [1.54, 1.807) is 12.1 Å². The Kier molecular flexibility index (Phi) is 5.51. The van der Waals surface area contributed by atoms with Gasteiger partial charge in [0.05, 0.1) is 12.7 Å². The molecule has 0 fully saturated rings. The van der Waals surface area contributed by atoms with Crippen molar-refractivity contribution in [3.8, 4) is 0 Å². The first-order valence-electron chi connectivity index (χ1n) is 7.28. The molecule has 0 saturated carbocycles. The van der Waals surface area contributed by atoms with Gasteiger partial charge in [-0.15, -0.1) is 0 Å². The molecule has 2 aromatic rings. The fraction of sp³-hybridized carbons (Fsp3) is 0.438. The van der Waals surface area contributed by atoms with Gasteiger partial charge in [-0.2, -0.15) is 0 Å². The van der Waals surface area contributed by atoms with Crippen molar-refractivity contribution in [2.75, 3.05) is 19.8 Å². The zero-order chi connectivity index (χ0) is 16.1. The smallest absolute Gasteiger partial charge is 0.267 e. The minimum absolute atomic E-state index is 0.0979. The number of amides is 1. The number of aliphatic hydroxyl groups excluding tert-OH is 1. The predicted octanol–water partition coefficient (Wildman–Crippen LogP) is 2.07. The van der Waals surface area contributed by atoms with Crippen molar-refractivity contribution >= 4 is 16.8 Å². The summed E-state index contributed by atoms with van der Waals surface area (Å²) < 4.78 is 18.4. The van der Waals surface area contributed by atoms with Crippen molar-refractivity contribution in [3.63, 3.8) is 0 Å². The van der Waals surface area contributed by atoms with E-state index < -0.39 is 6.10 Å². The molecule has 22 heavy (non-hydrogen) atoms. The number of carbonyl (C=O) groups is 1. The van der Waals surface area contributed by atoms with Crippen LogP contribution in [0.15, 0.2) is 24.3 Å². The van der Waals surface area contributed by atoms with Crippen molar-refractivity contribution in [2.45, 2.75) is 20.0 Å². The van der Waals surface area contributed by atoms with Crippen molar-refractivity contribution in [1.29, 1.82) is 0 Å². The maximum absolute atomic E-state index is 13.1. The van der Waals surface area contributed by atoms with Crippen molar-refractivity contribution in [3.05, 3.63) is 35.8 Å². The molecule has 0 radical (unpaired) electrons. The van der Waals surface area contributed by atoms with Gasteiger partial charge in [0.15, 0.2) is 0 Å². The Balaban J connectivity index is 1.85. The molecule has 0 aliphatic heterocycles. The number of aromatic nitrogens is 1. The second-order valence-corrected chi connectivity index (χ2v) is 5.71. The lowest BCUT2D eigenvalue weighted by Crippen LogP contribution is -2.35. The first-order valence-corrected chi connectivity index (χ1v) is 7.28. The second-order valence-electron chi connectivity index (χ2n) is 5.71. The molecule has 120 valence electrons. The molecule has 1 aromatic carbocycles. The van der Waals surface area contributed by atoms with Gasteiger partial charge < -0.3 is 20.1 Å². The summed E-state index contributed by atoms with van der Waals surface area (Å²) >= 11 is 0. The van der Waals surface area contributed by atoms with Gasteiger partial charge in [-0.25, -0.2) is 4.39 Å². The Labute approximate surface area is 128 Å². The predicted molar refractivity (Wildman–Crippen MR) is 82.3 cm³/mol. The third-order valence-electron chi connectivity index (χ3n) is 3.09. The number of aromatic amines is 1. The molecule has 1 atom stereocenters. The summed E-state index contributed by atoms with van der Waals surface area (Å²) in [5.74, 6) is -0.302. The Bertz CT molecular complexity index is 639. The zero-order valence-corrected chi connectivity index (χ0v) is 12.7.